The first kappa shape index (κ1) is 33.7. The summed E-state index contributed by atoms with van der Waals surface area (Å²) in [6, 6.07) is 7.53. The monoisotopic (exact) mass is 617 g/mol. The molecule has 0 spiro atoms. The average Bonchev–Trinajstić information content (AvgIpc) is 3.29. The Balaban J connectivity index is 0.00000400. The zero-order valence-electron chi connectivity index (χ0n) is 22.9. The summed E-state index contributed by atoms with van der Waals surface area (Å²) < 4.78 is 32.2. The third-order valence-corrected chi connectivity index (χ3v) is 8.10. The molecule has 3 heterocycles. The molecule has 2 atom stereocenters. The first-order chi connectivity index (χ1) is 17.6. The first-order valence-electron chi connectivity index (χ1n) is 10.3. The molecule has 4 rings (SSSR count). The van der Waals surface area contributed by atoms with Crippen LogP contribution in [0.25, 0.3) is 0 Å². The summed E-state index contributed by atoms with van der Waals surface area (Å²) in [5.41, 5.74) is 0.589. The summed E-state index contributed by atoms with van der Waals surface area (Å²) in [5.74, 6) is -3.21. The van der Waals surface area contributed by atoms with Gasteiger partial charge >= 0.3 is 65.1 Å². The Morgan fingerprint density at radius 1 is 1.31 bits per heavy atom. The van der Waals surface area contributed by atoms with Crippen molar-refractivity contribution in [2.24, 2.45) is 5.16 Å². The Bertz CT molecular complexity index is 1420. The summed E-state index contributed by atoms with van der Waals surface area (Å²) in [4.78, 5) is 43.8. The maximum atomic E-state index is 12.9. The van der Waals surface area contributed by atoms with Crippen molar-refractivity contribution in [2.45, 2.75) is 22.4 Å². The summed E-state index contributed by atoms with van der Waals surface area (Å²) in [5, 5.41) is 26.1. The number of thioether (sulfide) groups is 2. The molecule has 3 N–H and O–H groups in total. The van der Waals surface area contributed by atoms with Crippen LogP contribution in [-0.2, 0) is 35.2 Å². The number of oxime groups is 1. The van der Waals surface area contributed by atoms with Gasteiger partial charge in [-0.25, -0.2) is 9.48 Å². The number of carbonyl (C=O) groups excluding carboxylic acids is 2. The fraction of sp³-hybridized carbons (Fsp3) is 0.316. The van der Waals surface area contributed by atoms with Crippen molar-refractivity contribution in [3.63, 3.8) is 0 Å². The zero-order chi connectivity index (χ0) is 26.7. The van der Waals surface area contributed by atoms with E-state index in [0.717, 1.165) is 21.3 Å². The number of hydrogen-bond donors (Lipinski definition) is 3. The van der Waals surface area contributed by atoms with Gasteiger partial charge in [-0.3, -0.25) is 19.0 Å². The van der Waals surface area contributed by atoms with E-state index in [1.807, 2.05) is 0 Å². The van der Waals surface area contributed by atoms with Crippen LogP contribution in [-0.4, -0.2) is 96.7 Å². The van der Waals surface area contributed by atoms with Crippen molar-refractivity contribution in [3.05, 3.63) is 47.2 Å². The zero-order valence-corrected chi connectivity index (χ0v) is 27.4. The second-order valence-corrected chi connectivity index (χ2v) is 11.0. The van der Waals surface area contributed by atoms with E-state index in [0.29, 0.717) is 11.1 Å². The second-order valence-electron chi connectivity index (χ2n) is 7.57. The minimum absolute atomic E-state index is 0. The molecule has 200 valence electrons. The largest absolute Gasteiger partial charge is 1.00 e. The van der Waals surface area contributed by atoms with Gasteiger partial charge in [-0.1, -0.05) is 47.2 Å². The van der Waals surface area contributed by atoms with Gasteiger partial charge in [0.2, 0.25) is 5.16 Å². The number of tetrazole rings is 1. The number of nitrogens with zero attached hydrogens (tertiary/aromatic N) is 6. The number of amides is 2. The first-order valence-corrected chi connectivity index (χ1v) is 14.0. The normalized spacial score (nSPS) is 18.8. The van der Waals surface area contributed by atoms with Crippen LogP contribution >= 0.6 is 23.5 Å². The van der Waals surface area contributed by atoms with Crippen LogP contribution in [0.4, 0.5) is 0 Å². The predicted octanol–water partition coefficient (Wildman–Crippen LogP) is -6.37. The van der Waals surface area contributed by atoms with Crippen LogP contribution in [0.15, 0.2) is 51.9 Å². The van der Waals surface area contributed by atoms with Crippen molar-refractivity contribution in [1.82, 2.24) is 30.4 Å². The number of fused-ring (bicyclic) bond motifs is 1. The SMILES string of the molecule is CO/N=C(/C(=O)N[C@@H]1C(=O)N2C(C(=O)O)=C(CSc3nnnn3CS(=O)(=O)O)CS[C@H]12)c1ccccc1.[H-].[H-].[Na+].[Na+]. The van der Waals surface area contributed by atoms with Crippen LogP contribution in [0.2, 0.25) is 0 Å². The number of hydrogen-bond acceptors (Lipinski definition) is 12. The Hall–Kier alpha value is -1.48. The number of carboxylic acid groups (broad SMARTS) is 1. The third-order valence-electron chi connectivity index (χ3n) is 5.14. The van der Waals surface area contributed by atoms with Crippen LogP contribution in [0.3, 0.4) is 0 Å². The Morgan fingerprint density at radius 3 is 2.62 bits per heavy atom. The maximum absolute atomic E-state index is 12.9. The molecule has 2 amide bonds. The van der Waals surface area contributed by atoms with Gasteiger partial charge in [0.1, 0.15) is 24.2 Å². The van der Waals surface area contributed by atoms with Gasteiger partial charge in [0, 0.05) is 17.1 Å². The molecule has 0 saturated carbocycles. The van der Waals surface area contributed by atoms with Gasteiger partial charge in [0.25, 0.3) is 21.9 Å². The predicted molar refractivity (Wildman–Crippen MR) is 132 cm³/mol. The van der Waals surface area contributed by atoms with E-state index in [-0.39, 0.29) is 90.0 Å². The number of carboxylic acids is 1. The maximum Gasteiger partial charge on any atom is 1.00 e. The molecule has 1 fully saturated rings. The van der Waals surface area contributed by atoms with Crippen LogP contribution in [0, 0.1) is 0 Å². The summed E-state index contributed by atoms with van der Waals surface area (Å²) in [6.07, 6.45) is 0. The molecule has 15 nitrogen and oxygen atoms in total. The topological polar surface area (TPSA) is 206 Å². The van der Waals surface area contributed by atoms with Gasteiger partial charge in [-0.2, -0.15) is 8.42 Å². The molecule has 0 bridgehead atoms. The molecule has 20 heteroatoms. The number of aromatic nitrogens is 4. The molecule has 0 radical (unpaired) electrons. The van der Waals surface area contributed by atoms with E-state index in [4.69, 9.17) is 9.39 Å². The van der Waals surface area contributed by atoms with Crippen molar-refractivity contribution < 1.29 is 99.3 Å². The minimum Gasteiger partial charge on any atom is -1.00 e. The fourth-order valence-corrected chi connectivity index (χ4v) is 6.53. The van der Waals surface area contributed by atoms with E-state index >= 15 is 0 Å². The number of aliphatic carboxylic acids is 1. The number of carbonyl (C=O) groups is 3. The molecule has 2 aliphatic rings. The molecule has 1 saturated heterocycles. The van der Waals surface area contributed by atoms with Crippen LogP contribution in [0.1, 0.15) is 8.42 Å². The Labute approximate surface area is 277 Å². The van der Waals surface area contributed by atoms with Crippen LogP contribution in [0.5, 0.6) is 0 Å². The van der Waals surface area contributed by atoms with Crippen molar-refractivity contribution in [1.29, 1.82) is 0 Å². The Kier molecular flexibility index (Phi) is 12.5. The quantitative estimate of drug-likeness (QED) is 0.0567. The van der Waals surface area contributed by atoms with Gasteiger partial charge in [0.05, 0.1) is 0 Å². The van der Waals surface area contributed by atoms with Crippen molar-refractivity contribution in [3.8, 4) is 0 Å². The van der Waals surface area contributed by atoms with Gasteiger partial charge in [-0.15, -0.1) is 16.9 Å². The van der Waals surface area contributed by atoms with Gasteiger partial charge in [0.15, 0.2) is 11.6 Å². The van der Waals surface area contributed by atoms with E-state index in [1.165, 1.54) is 18.9 Å². The van der Waals surface area contributed by atoms with E-state index in [1.54, 1.807) is 30.3 Å². The molecule has 0 aliphatic carbocycles. The van der Waals surface area contributed by atoms with E-state index in [2.05, 4.69) is 26.0 Å². The standard InChI is InChI=1S/C19H19N7O8S3.2Na.2H/c1-34-22-12(10-5-3-2-4-6-10)15(27)20-13-16(28)26-14(18(29)30)11(7-35-17(13)26)8-36-19-21-23-24-25(19)9-37(31,32)33;;;;/h2-6,13,17H,7-9H2,1H3,(H,20,27)(H,29,30)(H,31,32,33);;;;/q;2*+1;2*-1/b22-12+;;;;/t13-,17-;;;;/m1..../s1. The second kappa shape index (κ2) is 14.4. The smallest absolute Gasteiger partial charge is 1.00 e. The molecule has 1 aromatic heterocycles. The molecule has 1 aromatic carbocycles. The van der Waals surface area contributed by atoms with Crippen molar-refractivity contribution in [2.75, 3.05) is 18.6 Å². The molecule has 39 heavy (non-hydrogen) atoms. The number of rotatable bonds is 10. The summed E-state index contributed by atoms with van der Waals surface area (Å²) in [6.45, 7) is 0. The molecular weight excluding hydrogens is 596 g/mol. The van der Waals surface area contributed by atoms with Crippen LogP contribution < -0.4 is 64.4 Å². The van der Waals surface area contributed by atoms with E-state index in [9.17, 15) is 27.9 Å². The third kappa shape index (κ3) is 7.84. The van der Waals surface area contributed by atoms with Crippen molar-refractivity contribution >= 4 is 57.1 Å². The molecule has 2 aromatic rings. The number of β-lactam (4-membered cyclic amide) rings is 1. The summed E-state index contributed by atoms with van der Waals surface area (Å²) in [7, 11) is -3.12. The summed E-state index contributed by atoms with van der Waals surface area (Å²) >= 11 is 2.21. The molecule has 0 unspecified atom stereocenters. The van der Waals surface area contributed by atoms with Gasteiger partial charge < -0.3 is 18.1 Å². The van der Waals surface area contributed by atoms with Gasteiger partial charge in [-0.05, 0) is 16.0 Å². The number of nitrogens with one attached hydrogen (secondary N) is 1. The number of benzene rings is 1. The molecule has 2 aliphatic heterocycles. The van der Waals surface area contributed by atoms with E-state index < -0.39 is 45.2 Å². The average molecular weight is 618 g/mol. The fourth-order valence-electron chi connectivity index (χ4n) is 3.60. The minimum atomic E-state index is -4.40. The molecular formula is C19H21N7Na2O8S3. The Morgan fingerprint density at radius 2 is 2.00 bits per heavy atom.